The molecule has 0 saturated carbocycles. The fourth-order valence-electron chi connectivity index (χ4n) is 1.89. The van der Waals surface area contributed by atoms with Crippen LogP contribution in [0.3, 0.4) is 0 Å². The highest BCUT2D eigenvalue weighted by atomic mass is 32.2. The minimum Gasteiger partial charge on any atom is -0.508 e. The van der Waals surface area contributed by atoms with Gasteiger partial charge in [0, 0.05) is 12.1 Å². The highest BCUT2D eigenvalue weighted by molar-refractivity contribution is 8.00. The van der Waals surface area contributed by atoms with Crippen molar-refractivity contribution < 1.29 is 9.90 Å². The SMILES string of the molecule is CCCN1C(=O)CSC1c1ccccc1O. The number of nitrogens with zero attached hydrogens (tertiary/aromatic N) is 1. The molecule has 16 heavy (non-hydrogen) atoms. The molecule has 0 aliphatic carbocycles. The molecule has 3 nitrogen and oxygen atoms in total. The summed E-state index contributed by atoms with van der Waals surface area (Å²) in [5, 5.41) is 9.77. The van der Waals surface area contributed by atoms with Gasteiger partial charge in [0.2, 0.25) is 5.91 Å². The topological polar surface area (TPSA) is 40.5 Å². The Kier molecular flexibility index (Phi) is 3.39. The molecule has 4 heteroatoms. The summed E-state index contributed by atoms with van der Waals surface area (Å²) in [6.45, 7) is 2.81. The van der Waals surface area contributed by atoms with Gasteiger partial charge in [-0.2, -0.15) is 0 Å². The van der Waals surface area contributed by atoms with Crippen molar-refractivity contribution in [1.29, 1.82) is 0 Å². The molecule has 1 heterocycles. The summed E-state index contributed by atoms with van der Waals surface area (Å²) in [6, 6.07) is 7.24. The summed E-state index contributed by atoms with van der Waals surface area (Å²) in [6.07, 6.45) is 0.941. The van der Waals surface area contributed by atoms with E-state index in [4.69, 9.17) is 0 Å². The zero-order chi connectivity index (χ0) is 11.5. The van der Waals surface area contributed by atoms with Gasteiger partial charge in [0.15, 0.2) is 0 Å². The smallest absolute Gasteiger partial charge is 0.233 e. The average molecular weight is 237 g/mol. The van der Waals surface area contributed by atoms with Crippen molar-refractivity contribution in [2.24, 2.45) is 0 Å². The van der Waals surface area contributed by atoms with Crippen molar-refractivity contribution in [3.63, 3.8) is 0 Å². The van der Waals surface area contributed by atoms with Crippen molar-refractivity contribution >= 4 is 17.7 Å². The van der Waals surface area contributed by atoms with E-state index in [9.17, 15) is 9.90 Å². The van der Waals surface area contributed by atoms with Crippen LogP contribution in [0, 0.1) is 0 Å². The van der Waals surface area contributed by atoms with E-state index in [1.54, 1.807) is 23.9 Å². The van der Waals surface area contributed by atoms with Crippen molar-refractivity contribution in [2.45, 2.75) is 18.7 Å². The Bertz CT molecular complexity index is 394. The van der Waals surface area contributed by atoms with Gasteiger partial charge in [0.05, 0.1) is 5.75 Å². The maximum absolute atomic E-state index is 11.7. The first-order valence-electron chi connectivity index (χ1n) is 5.43. The molecule has 0 bridgehead atoms. The third-order valence-electron chi connectivity index (χ3n) is 2.64. The third-order valence-corrected chi connectivity index (χ3v) is 3.87. The van der Waals surface area contributed by atoms with Crippen LogP contribution in [-0.4, -0.2) is 28.2 Å². The van der Waals surface area contributed by atoms with E-state index < -0.39 is 0 Å². The predicted molar refractivity (Wildman–Crippen MR) is 65.3 cm³/mol. The summed E-state index contributed by atoms with van der Waals surface area (Å²) >= 11 is 1.58. The van der Waals surface area contributed by atoms with Crippen LogP contribution in [0.25, 0.3) is 0 Å². The van der Waals surface area contributed by atoms with Crippen molar-refractivity contribution in [2.75, 3.05) is 12.3 Å². The molecule has 1 aliphatic heterocycles. The molecular formula is C12H15NO2S. The summed E-state index contributed by atoms with van der Waals surface area (Å²) in [4.78, 5) is 13.5. The number of phenols is 1. The Balaban J connectivity index is 2.27. The van der Waals surface area contributed by atoms with Crippen molar-refractivity contribution in [3.05, 3.63) is 29.8 Å². The molecule has 1 N–H and O–H groups in total. The number of carbonyl (C=O) groups is 1. The predicted octanol–water partition coefficient (Wildman–Crippen LogP) is 2.38. The zero-order valence-corrected chi connectivity index (χ0v) is 10.0. The van der Waals surface area contributed by atoms with Crippen LogP contribution in [0.5, 0.6) is 5.75 Å². The van der Waals surface area contributed by atoms with Gasteiger partial charge in [0.25, 0.3) is 0 Å². The molecule has 1 aromatic carbocycles. The average Bonchev–Trinajstić information content (AvgIpc) is 2.62. The van der Waals surface area contributed by atoms with E-state index in [1.807, 2.05) is 17.0 Å². The van der Waals surface area contributed by atoms with E-state index in [2.05, 4.69) is 6.92 Å². The maximum atomic E-state index is 11.7. The number of hydrogen-bond acceptors (Lipinski definition) is 3. The van der Waals surface area contributed by atoms with E-state index in [0.717, 1.165) is 18.5 Å². The van der Waals surface area contributed by atoms with Gasteiger partial charge < -0.3 is 10.0 Å². The van der Waals surface area contributed by atoms with Crippen LogP contribution in [0.2, 0.25) is 0 Å². The fraction of sp³-hybridized carbons (Fsp3) is 0.417. The molecule has 1 unspecified atom stereocenters. The second-order valence-corrected chi connectivity index (χ2v) is 4.88. The number of carbonyl (C=O) groups excluding carboxylic acids is 1. The van der Waals surface area contributed by atoms with Crippen LogP contribution in [0.15, 0.2) is 24.3 Å². The highest BCUT2D eigenvalue weighted by Gasteiger charge is 2.33. The van der Waals surface area contributed by atoms with Gasteiger partial charge in [-0.3, -0.25) is 4.79 Å². The maximum Gasteiger partial charge on any atom is 0.233 e. The molecule has 0 radical (unpaired) electrons. The van der Waals surface area contributed by atoms with Gasteiger partial charge in [-0.05, 0) is 12.5 Å². The number of rotatable bonds is 3. The summed E-state index contributed by atoms with van der Waals surface area (Å²) < 4.78 is 0. The monoisotopic (exact) mass is 237 g/mol. The van der Waals surface area contributed by atoms with Gasteiger partial charge in [-0.1, -0.05) is 25.1 Å². The van der Waals surface area contributed by atoms with Gasteiger partial charge in [-0.15, -0.1) is 11.8 Å². The first kappa shape index (κ1) is 11.3. The lowest BCUT2D eigenvalue weighted by Gasteiger charge is -2.24. The summed E-state index contributed by atoms with van der Waals surface area (Å²) in [5.41, 5.74) is 0.840. The number of aromatic hydroxyl groups is 1. The number of hydrogen-bond donors (Lipinski definition) is 1. The number of phenolic OH excluding ortho intramolecular Hbond substituents is 1. The minimum absolute atomic E-state index is 0.0198. The Morgan fingerprint density at radius 3 is 2.94 bits per heavy atom. The van der Waals surface area contributed by atoms with Gasteiger partial charge in [0.1, 0.15) is 11.1 Å². The molecule has 1 amide bonds. The Morgan fingerprint density at radius 1 is 1.50 bits per heavy atom. The lowest BCUT2D eigenvalue weighted by Crippen LogP contribution is -2.28. The van der Waals surface area contributed by atoms with Crippen LogP contribution >= 0.6 is 11.8 Å². The van der Waals surface area contributed by atoms with Crippen molar-refractivity contribution in [3.8, 4) is 5.75 Å². The number of para-hydroxylation sites is 1. The van der Waals surface area contributed by atoms with E-state index >= 15 is 0 Å². The van der Waals surface area contributed by atoms with Crippen molar-refractivity contribution in [1.82, 2.24) is 4.90 Å². The molecule has 1 atom stereocenters. The first-order chi connectivity index (χ1) is 7.74. The summed E-state index contributed by atoms with van der Waals surface area (Å²) in [7, 11) is 0. The molecular weight excluding hydrogens is 222 g/mol. The van der Waals surface area contributed by atoms with Gasteiger partial charge >= 0.3 is 0 Å². The molecule has 86 valence electrons. The second-order valence-electron chi connectivity index (χ2n) is 3.81. The van der Waals surface area contributed by atoms with E-state index in [-0.39, 0.29) is 17.0 Å². The third kappa shape index (κ3) is 2.02. The molecule has 2 rings (SSSR count). The molecule has 0 aromatic heterocycles. The number of benzene rings is 1. The molecule has 0 spiro atoms. The lowest BCUT2D eigenvalue weighted by molar-refractivity contribution is -0.128. The normalized spacial score (nSPS) is 20.4. The standard InChI is InChI=1S/C12H15NO2S/c1-2-7-13-11(15)8-16-12(13)9-5-3-4-6-10(9)14/h3-6,12,14H,2,7-8H2,1H3. The first-order valence-corrected chi connectivity index (χ1v) is 6.48. The van der Waals surface area contributed by atoms with Crippen LogP contribution < -0.4 is 0 Å². The van der Waals surface area contributed by atoms with E-state index in [1.165, 1.54) is 0 Å². The fourth-order valence-corrected chi connectivity index (χ4v) is 3.14. The number of thioether (sulfide) groups is 1. The highest BCUT2D eigenvalue weighted by Crippen LogP contribution is 2.41. The zero-order valence-electron chi connectivity index (χ0n) is 9.22. The van der Waals surface area contributed by atoms with E-state index in [0.29, 0.717) is 5.75 Å². The van der Waals surface area contributed by atoms with Gasteiger partial charge in [-0.25, -0.2) is 0 Å². The Labute approximate surface area is 99.5 Å². The molecule has 1 aromatic rings. The van der Waals surface area contributed by atoms with Crippen LogP contribution in [-0.2, 0) is 4.79 Å². The van der Waals surface area contributed by atoms with Crippen LogP contribution in [0.4, 0.5) is 0 Å². The number of amides is 1. The Morgan fingerprint density at radius 2 is 2.25 bits per heavy atom. The molecule has 1 fully saturated rings. The second kappa shape index (κ2) is 4.78. The quantitative estimate of drug-likeness (QED) is 0.877. The summed E-state index contributed by atoms with van der Waals surface area (Å²) in [5.74, 6) is 0.954. The minimum atomic E-state index is -0.0198. The Hall–Kier alpha value is -1.16. The largest absolute Gasteiger partial charge is 0.508 e. The molecule has 1 saturated heterocycles. The van der Waals surface area contributed by atoms with Crippen LogP contribution in [0.1, 0.15) is 24.3 Å². The molecule has 1 aliphatic rings. The lowest BCUT2D eigenvalue weighted by atomic mass is 10.2.